The standard InChI is InChI=1S/C20H25F2N5O2/c1-27-12-23-11-17(27)18-25-15(13-4-8-29-9-5-13)10-16(26-18)19(28)24-14-2-6-20(21,22)7-3-14/h10-14H,2-9H2,1H3,(H,24,28). The normalized spacial score (nSPS) is 20.5. The van der Waals surface area contributed by atoms with Crippen LogP contribution in [0.25, 0.3) is 11.5 Å². The van der Waals surface area contributed by atoms with Gasteiger partial charge >= 0.3 is 0 Å². The summed E-state index contributed by atoms with van der Waals surface area (Å²) >= 11 is 0. The second-order valence-electron chi connectivity index (χ2n) is 7.88. The molecule has 0 radical (unpaired) electrons. The fraction of sp³-hybridized carbons (Fsp3) is 0.600. The van der Waals surface area contributed by atoms with Crippen molar-refractivity contribution in [2.75, 3.05) is 13.2 Å². The molecule has 4 rings (SSSR count). The first-order valence-electron chi connectivity index (χ1n) is 10.0. The Morgan fingerprint density at radius 2 is 1.93 bits per heavy atom. The molecule has 1 saturated heterocycles. The second-order valence-corrected chi connectivity index (χ2v) is 7.88. The molecule has 2 aromatic heterocycles. The molecule has 1 aliphatic carbocycles. The van der Waals surface area contributed by atoms with Crippen molar-refractivity contribution in [3.63, 3.8) is 0 Å². The minimum Gasteiger partial charge on any atom is -0.381 e. The van der Waals surface area contributed by atoms with E-state index in [-0.39, 0.29) is 49.2 Å². The molecule has 2 aromatic rings. The SMILES string of the molecule is Cn1cncc1-c1nc(C(=O)NC2CCC(F)(F)CC2)cc(C2CCOCC2)n1. The van der Waals surface area contributed by atoms with Gasteiger partial charge in [0.1, 0.15) is 11.4 Å². The Kier molecular flexibility index (Phi) is 5.58. The number of carbonyl (C=O) groups excluding carboxylic acids is 1. The highest BCUT2D eigenvalue weighted by Gasteiger charge is 2.35. The number of nitrogens with zero attached hydrogens (tertiary/aromatic N) is 4. The highest BCUT2D eigenvalue weighted by atomic mass is 19.3. The number of hydrogen-bond donors (Lipinski definition) is 1. The van der Waals surface area contributed by atoms with Gasteiger partial charge in [-0.25, -0.2) is 23.7 Å². The molecule has 0 unspecified atom stereocenters. The Labute approximate surface area is 167 Å². The summed E-state index contributed by atoms with van der Waals surface area (Å²) in [4.78, 5) is 26.2. The van der Waals surface area contributed by atoms with Crippen LogP contribution in [0, 0.1) is 0 Å². The van der Waals surface area contributed by atoms with E-state index in [4.69, 9.17) is 9.72 Å². The van der Waals surface area contributed by atoms with E-state index in [1.165, 1.54) is 0 Å². The molecule has 3 heterocycles. The third-order valence-corrected chi connectivity index (χ3v) is 5.72. The van der Waals surface area contributed by atoms with E-state index in [9.17, 15) is 13.6 Å². The van der Waals surface area contributed by atoms with Crippen molar-refractivity contribution in [1.29, 1.82) is 0 Å². The molecule has 156 valence electrons. The zero-order chi connectivity index (χ0) is 20.4. The molecule has 9 heteroatoms. The van der Waals surface area contributed by atoms with Crippen molar-refractivity contribution in [3.8, 4) is 11.5 Å². The van der Waals surface area contributed by atoms with Gasteiger partial charge in [-0.15, -0.1) is 0 Å². The number of imidazole rings is 1. The molecule has 0 aromatic carbocycles. The maximum Gasteiger partial charge on any atom is 0.270 e. The lowest BCUT2D eigenvalue weighted by atomic mass is 9.92. The van der Waals surface area contributed by atoms with Gasteiger partial charge < -0.3 is 14.6 Å². The fourth-order valence-corrected chi connectivity index (χ4v) is 3.92. The summed E-state index contributed by atoms with van der Waals surface area (Å²) in [6.45, 7) is 1.32. The van der Waals surface area contributed by atoms with Crippen LogP contribution in [0.4, 0.5) is 8.78 Å². The van der Waals surface area contributed by atoms with Crippen molar-refractivity contribution in [2.45, 2.75) is 56.4 Å². The van der Waals surface area contributed by atoms with Crippen molar-refractivity contribution < 1.29 is 18.3 Å². The third kappa shape index (κ3) is 4.60. The van der Waals surface area contributed by atoms with Crippen molar-refractivity contribution in [3.05, 3.63) is 30.0 Å². The van der Waals surface area contributed by atoms with E-state index in [0.717, 1.165) is 18.5 Å². The lowest BCUT2D eigenvalue weighted by Crippen LogP contribution is -2.40. The molecule has 1 saturated carbocycles. The number of alkyl halides is 2. The molecular weight excluding hydrogens is 380 g/mol. The third-order valence-electron chi connectivity index (χ3n) is 5.72. The first-order valence-corrected chi connectivity index (χ1v) is 10.0. The topological polar surface area (TPSA) is 81.9 Å². The Morgan fingerprint density at radius 3 is 2.59 bits per heavy atom. The van der Waals surface area contributed by atoms with E-state index in [0.29, 0.717) is 24.7 Å². The zero-order valence-corrected chi connectivity index (χ0v) is 16.4. The molecule has 1 aliphatic heterocycles. The van der Waals surface area contributed by atoms with Crippen LogP contribution in [0.1, 0.15) is 60.6 Å². The summed E-state index contributed by atoms with van der Waals surface area (Å²) in [5.41, 5.74) is 1.78. The molecule has 29 heavy (non-hydrogen) atoms. The van der Waals surface area contributed by atoms with E-state index in [1.54, 1.807) is 23.2 Å². The molecule has 0 atom stereocenters. The average Bonchev–Trinajstić information content (AvgIpc) is 3.16. The largest absolute Gasteiger partial charge is 0.381 e. The number of nitrogens with one attached hydrogen (secondary N) is 1. The Bertz CT molecular complexity index is 870. The van der Waals surface area contributed by atoms with E-state index in [2.05, 4.69) is 15.3 Å². The van der Waals surface area contributed by atoms with Crippen molar-refractivity contribution in [1.82, 2.24) is 24.8 Å². The Hall–Kier alpha value is -2.42. The number of amides is 1. The number of aryl methyl sites for hydroxylation is 1. The lowest BCUT2D eigenvalue weighted by Gasteiger charge is -2.28. The van der Waals surface area contributed by atoms with Crippen LogP contribution in [0.5, 0.6) is 0 Å². The summed E-state index contributed by atoms with van der Waals surface area (Å²) in [5, 5.41) is 2.88. The molecule has 7 nitrogen and oxygen atoms in total. The maximum atomic E-state index is 13.4. The minimum atomic E-state index is -2.63. The van der Waals surface area contributed by atoms with Gasteiger partial charge in [-0.2, -0.15) is 0 Å². The molecular formula is C20H25F2N5O2. The van der Waals surface area contributed by atoms with Gasteiger partial charge in [0.15, 0.2) is 5.82 Å². The van der Waals surface area contributed by atoms with Crippen LogP contribution in [-0.4, -0.2) is 50.6 Å². The predicted octanol–water partition coefficient (Wildman–Crippen LogP) is 3.08. The maximum absolute atomic E-state index is 13.4. The second kappa shape index (κ2) is 8.14. The Balaban J connectivity index is 1.59. The number of hydrogen-bond acceptors (Lipinski definition) is 5. The number of halogens is 2. The minimum absolute atomic E-state index is 0.193. The molecule has 2 aliphatic rings. The fourth-order valence-electron chi connectivity index (χ4n) is 3.92. The van der Waals surface area contributed by atoms with Gasteiger partial charge in [-0.1, -0.05) is 0 Å². The first kappa shape index (κ1) is 19.9. The molecule has 1 amide bonds. The lowest BCUT2D eigenvalue weighted by molar-refractivity contribution is -0.0399. The Morgan fingerprint density at radius 1 is 1.21 bits per heavy atom. The van der Waals surface area contributed by atoms with E-state index in [1.807, 2.05) is 7.05 Å². The number of rotatable bonds is 4. The van der Waals surface area contributed by atoms with Crippen LogP contribution >= 0.6 is 0 Å². The van der Waals surface area contributed by atoms with Crippen LogP contribution in [0.3, 0.4) is 0 Å². The quantitative estimate of drug-likeness (QED) is 0.845. The van der Waals surface area contributed by atoms with Crippen molar-refractivity contribution in [2.24, 2.45) is 7.05 Å². The summed E-state index contributed by atoms with van der Waals surface area (Å²) in [5.74, 6) is -2.34. The monoisotopic (exact) mass is 405 g/mol. The highest BCUT2D eigenvalue weighted by Crippen LogP contribution is 2.33. The number of carbonyl (C=O) groups is 1. The van der Waals surface area contributed by atoms with Crippen LogP contribution < -0.4 is 5.32 Å². The molecule has 0 bridgehead atoms. The number of aromatic nitrogens is 4. The number of ether oxygens (including phenoxy) is 1. The van der Waals surface area contributed by atoms with Gasteiger partial charge in [0.2, 0.25) is 5.92 Å². The summed E-state index contributed by atoms with van der Waals surface area (Å²) in [6.07, 6.45) is 5.12. The molecule has 0 spiro atoms. The average molecular weight is 405 g/mol. The van der Waals surface area contributed by atoms with Gasteiger partial charge in [0, 0.05) is 50.8 Å². The smallest absolute Gasteiger partial charge is 0.270 e. The summed E-state index contributed by atoms with van der Waals surface area (Å²) in [7, 11) is 1.84. The van der Waals surface area contributed by atoms with Crippen LogP contribution in [0.2, 0.25) is 0 Å². The van der Waals surface area contributed by atoms with Gasteiger partial charge in [-0.05, 0) is 31.7 Å². The summed E-state index contributed by atoms with van der Waals surface area (Å²) in [6, 6.07) is 1.46. The highest BCUT2D eigenvalue weighted by molar-refractivity contribution is 5.93. The zero-order valence-electron chi connectivity index (χ0n) is 16.4. The van der Waals surface area contributed by atoms with Crippen molar-refractivity contribution >= 4 is 5.91 Å². The van der Waals surface area contributed by atoms with Crippen LogP contribution in [-0.2, 0) is 11.8 Å². The van der Waals surface area contributed by atoms with E-state index >= 15 is 0 Å². The van der Waals surface area contributed by atoms with Gasteiger partial charge in [0.05, 0.1) is 12.5 Å². The predicted molar refractivity (Wildman–Crippen MR) is 102 cm³/mol. The first-order chi connectivity index (χ1) is 13.9. The van der Waals surface area contributed by atoms with E-state index < -0.39 is 5.92 Å². The summed E-state index contributed by atoms with van der Waals surface area (Å²) < 4.78 is 34.0. The molecule has 2 fully saturated rings. The van der Waals surface area contributed by atoms with Gasteiger partial charge in [0.25, 0.3) is 5.91 Å². The van der Waals surface area contributed by atoms with Crippen LogP contribution in [0.15, 0.2) is 18.6 Å². The molecule has 1 N–H and O–H groups in total. The van der Waals surface area contributed by atoms with Gasteiger partial charge in [-0.3, -0.25) is 4.79 Å².